The SMILES string of the molecule is CCS(=O)(=O)c1c(N)nsc1NC1CCC1. The lowest BCUT2D eigenvalue weighted by Gasteiger charge is -2.26. The topological polar surface area (TPSA) is 85.1 Å². The number of nitrogen functional groups attached to an aromatic ring is 1. The average Bonchev–Trinajstić information content (AvgIpc) is 2.54. The molecule has 1 fully saturated rings. The number of nitrogens with one attached hydrogen (secondary N) is 1. The molecule has 2 rings (SSSR count). The molecule has 0 saturated heterocycles. The molecule has 1 aromatic rings. The van der Waals surface area contributed by atoms with Gasteiger partial charge in [-0.05, 0) is 30.8 Å². The Hall–Kier alpha value is -0.820. The number of nitrogens with two attached hydrogens (primary N) is 1. The van der Waals surface area contributed by atoms with Crippen LogP contribution in [0.2, 0.25) is 0 Å². The molecule has 90 valence electrons. The molecular weight excluding hydrogens is 246 g/mol. The summed E-state index contributed by atoms with van der Waals surface area (Å²) < 4.78 is 27.6. The van der Waals surface area contributed by atoms with Crippen LogP contribution in [0.1, 0.15) is 26.2 Å². The fourth-order valence-electron chi connectivity index (χ4n) is 1.57. The van der Waals surface area contributed by atoms with Crippen molar-refractivity contribution in [1.29, 1.82) is 0 Å². The van der Waals surface area contributed by atoms with E-state index in [9.17, 15) is 8.42 Å². The lowest BCUT2D eigenvalue weighted by atomic mass is 9.93. The van der Waals surface area contributed by atoms with E-state index in [1.165, 1.54) is 6.42 Å². The van der Waals surface area contributed by atoms with Gasteiger partial charge in [0.25, 0.3) is 0 Å². The van der Waals surface area contributed by atoms with Gasteiger partial charge in [-0.3, -0.25) is 0 Å². The highest BCUT2D eigenvalue weighted by atomic mass is 32.2. The molecule has 1 saturated carbocycles. The van der Waals surface area contributed by atoms with Gasteiger partial charge in [-0.25, -0.2) is 8.42 Å². The number of sulfone groups is 1. The maximum absolute atomic E-state index is 11.8. The summed E-state index contributed by atoms with van der Waals surface area (Å²) in [6.45, 7) is 1.61. The van der Waals surface area contributed by atoms with Crippen LogP contribution >= 0.6 is 11.5 Å². The molecular formula is C9H15N3O2S2. The molecule has 0 unspecified atom stereocenters. The summed E-state index contributed by atoms with van der Waals surface area (Å²) in [4.78, 5) is 0.187. The minimum atomic E-state index is -3.29. The van der Waals surface area contributed by atoms with Crippen LogP contribution in [0.25, 0.3) is 0 Å². The van der Waals surface area contributed by atoms with Gasteiger partial charge in [-0.15, -0.1) is 0 Å². The summed E-state index contributed by atoms with van der Waals surface area (Å²) in [6.07, 6.45) is 3.37. The van der Waals surface area contributed by atoms with E-state index in [2.05, 4.69) is 9.69 Å². The summed E-state index contributed by atoms with van der Waals surface area (Å²) in [7, 11) is -3.29. The van der Waals surface area contributed by atoms with Gasteiger partial charge in [-0.1, -0.05) is 6.92 Å². The summed E-state index contributed by atoms with van der Waals surface area (Å²) in [5, 5.41) is 3.81. The summed E-state index contributed by atoms with van der Waals surface area (Å²) in [5.41, 5.74) is 5.62. The first-order valence-corrected chi connectivity index (χ1v) is 7.71. The van der Waals surface area contributed by atoms with Gasteiger partial charge in [-0.2, -0.15) is 4.37 Å². The molecule has 1 heterocycles. The van der Waals surface area contributed by atoms with Crippen LogP contribution < -0.4 is 11.1 Å². The standard InChI is InChI=1S/C9H15N3O2S2/c1-2-16(13,14)7-8(10)12-15-9(7)11-6-4-3-5-6/h6,11H,2-5H2,1H3,(H2,10,12). The Balaban J connectivity index is 2.31. The lowest BCUT2D eigenvalue weighted by Crippen LogP contribution is -2.27. The van der Waals surface area contributed by atoms with Crippen LogP contribution in [0.4, 0.5) is 10.8 Å². The molecule has 0 aliphatic heterocycles. The van der Waals surface area contributed by atoms with Gasteiger partial charge < -0.3 is 11.1 Å². The average molecular weight is 261 g/mol. The number of nitrogens with zero attached hydrogens (tertiary/aromatic N) is 1. The van der Waals surface area contributed by atoms with Crippen molar-refractivity contribution >= 4 is 32.2 Å². The Morgan fingerprint density at radius 2 is 2.25 bits per heavy atom. The first kappa shape index (κ1) is 11.7. The highest BCUT2D eigenvalue weighted by molar-refractivity contribution is 7.91. The zero-order valence-electron chi connectivity index (χ0n) is 9.06. The first-order valence-electron chi connectivity index (χ1n) is 5.29. The highest BCUT2D eigenvalue weighted by Crippen LogP contribution is 2.35. The summed E-state index contributed by atoms with van der Waals surface area (Å²) >= 11 is 1.13. The second-order valence-corrected chi connectivity index (χ2v) is 6.89. The number of anilines is 2. The molecule has 0 aromatic carbocycles. The van der Waals surface area contributed by atoms with E-state index in [0.717, 1.165) is 24.4 Å². The maximum Gasteiger partial charge on any atom is 0.184 e. The van der Waals surface area contributed by atoms with E-state index in [1.54, 1.807) is 6.92 Å². The molecule has 7 heteroatoms. The third-order valence-electron chi connectivity index (χ3n) is 2.81. The van der Waals surface area contributed by atoms with E-state index in [1.807, 2.05) is 0 Å². The van der Waals surface area contributed by atoms with Crippen molar-refractivity contribution < 1.29 is 8.42 Å². The van der Waals surface area contributed by atoms with E-state index < -0.39 is 9.84 Å². The fourth-order valence-corrected chi connectivity index (χ4v) is 3.80. The normalized spacial score (nSPS) is 17.1. The number of hydrogen-bond donors (Lipinski definition) is 2. The molecule has 0 bridgehead atoms. The summed E-state index contributed by atoms with van der Waals surface area (Å²) in [6, 6.07) is 0.380. The third-order valence-corrected chi connectivity index (χ3v) is 5.52. The molecule has 1 aliphatic rings. The minimum Gasteiger partial charge on any atom is -0.382 e. The number of aromatic nitrogens is 1. The van der Waals surface area contributed by atoms with Gasteiger partial charge >= 0.3 is 0 Å². The van der Waals surface area contributed by atoms with Gasteiger partial charge in [0.05, 0.1) is 5.75 Å². The summed E-state index contributed by atoms with van der Waals surface area (Å²) in [5.74, 6) is 0.170. The van der Waals surface area contributed by atoms with E-state index >= 15 is 0 Å². The number of rotatable bonds is 4. The molecule has 0 atom stereocenters. The van der Waals surface area contributed by atoms with Crippen LogP contribution in [0.3, 0.4) is 0 Å². The zero-order chi connectivity index (χ0) is 11.8. The Bertz CT molecular complexity index is 477. The largest absolute Gasteiger partial charge is 0.382 e. The minimum absolute atomic E-state index is 0.0506. The smallest absolute Gasteiger partial charge is 0.184 e. The van der Waals surface area contributed by atoms with Crippen LogP contribution in [-0.2, 0) is 9.84 Å². The van der Waals surface area contributed by atoms with Crippen molar-refractivity contribution in [2.75, 3.05) is 16.8 Å². The van der Waals surface area contributed by atoms with Gasteiger partial charge in [0.2, 0.25) is 0 Å². The molecule has 1 aliphatic carbocycles. The zero-order valence-corrected chi connectivity index (χ0v) is 10.7. The Labute approximate surface area is 99.1 Å². The highest BCUT2D eigenvalue weighted by Gasteiger charge is 2.26. The third kappa shape index (κ3) is 2.01. The predicted octanol–water partition coefficient (Wildman–Crippen LogP) is 1.48. The fraction of sp³-hybridized carbons (Fsp3) is 0.667. The predicted molar refractivity (Wildman–Crippen MR) is 65.5 cm³/mol. The van der Waals surface area contributed by atoms with Gasteiger partial charge in [0, 0.05) is 6.04 Å². The molecule has 0 radical (unpaired) electrons. The molecule has 5 nitrogen and oxygen atoms in total. The monoisotopic (exact) mass is 261 g/mol. The van der Waals surface area contributed by atoms with Crippen molar-refractivity contribution in [2.45, 2.75) is 37.1 Å². The van der Waals surface area contributed by atoms with E-state index in [4.69, 9.17) is 5.73 Å². The Kier molecular flexibility index (Phi) is 3.07. The van der Waals surface area contributed by atoms with Crippen molar-refractivity contribution in [3.8, 4) is 0 Å². The van der Waals surface area contributed by atoms with Gasteiger partial charge in [0.15, 0.2) is 15.7 Å². The van der Waals surface area contributed by atoms with Crippen LogP contribution in [-0.4, -0.2) is 24.6 Å². The van der Waals surface area contributed by atoms with E-state index in [0.29, 0.717) is 11.0 Å². The lowest BCUT2D eigenvalue weighted by molar-refractivity contribution is 0.445. The second-order valence-electron chi connectivity index (χ2n) is 3.90. The van der Waals surface area contributed by atoms with Crippen molar-refractivity contribution in [2.24, 2.45) is 0 Å². The first-order chi connectivity index (χ1) is 7.54. The molecule has 0 amide bonds. The van der Waals surface area contributed by atoms with Crippen molar-refractivity contribution in [1.82, 2.24) is 4.37 Å². The van der Waals surface area contributed by atoms with Crippen molar-refractivity contribution in [3.05, 3.63) is 0 Å². The maximum atomic E-state index is 11.8. The quantitative estimate of drug-likeness (QED) is 0.857. The van der Waals surface area contributed by atoms with Crippen LogP contribution in [0.5, 0.6) is 0 Å². The van der Waals surface area contributed by atoms with E-state index in [-0.39, 0.29) is 16.5 Å². The molecule has 16 heavy (non-hydrogen) atoms. The van der Waals surface area contributed by atoms with Gasteiger partial charge in [0.1, 0.15) is 9.90 Å². The van der Waals surface area contributed by atoms with Crippen LogP contribution in [0.15, 0.2) is 4.90 Å². The molecule has 1 aromatic heterocycles. The second kappa shape index (κ2) is 4.21. The van der Waals surface area contributed by atoms with Crippen LogP contribution in [0, 0.1) is 0 Å². The molecule has 3 N–H and O–H groups in total. The molecule has 0 spiro atoms. The number of hydrogen-bond acceptors (Lipinski definition) is 6. The van der Waals surface area contributed by atoms with Crippen molar-refractivity contribution in [3.63, 3.8) is 0 Å². The Morgan fingerprint density at radius 1 is 1.56 bits per heavy atom. The Morgan fingerprint density at radius 3 is 2.75 bits per heavy atom.